The summed E-state index contributed by atoms with van der Waals surface area (Å²) in [6.07, 6.45) is -0.674. The monoisotopic (exact) mass is 412 g/mol. The number of fused-ring (bicyclic) bond motifs is 1. The third-order valence-corrected chi connectivity index (χ3v) is 11.5. The average molecular weight is 413 g/mol. The summed E-state index contributed by atoms with van der Waals surface area (Å²) in [5.41, 5.74) is 0. The maximum atomic E-state index is 14.9. The fourth-order valence-electron chi connectivity index (χ4n) is 5.15. The third kappa shape index (κ3) is 3.55. The number of alkyl halides is 1. The quantitative estimate of drug-likeness (QED) is 0.553. The lowest BCUT2D eigenvalue weighted by Gasteiger charge is -2.44. The lowest BCUT2D eigenvalue weighted by molar-refractivity contribution is -0.141. The Hall–Kier alpha value is -1.98. The van der Waals surface area contributed by atoms with Gasteiger partial charge in [0.25, 0.3) is 8.32 Å². The zero-order valence-electron chi connectivity index (χ0n) is 17.3. The van der Waals surface area contributed by atoms with Crippen LogP contribution >= 0.6 is 0 Å². The molecule has 1 aliphatic heterocycles. The molecule has 1 saturated carbocycles. The zero-order chi connectivity index (χ0) is 20.6. The smallest absolute Gasteiger partial charge is 0.306 e. The molecule has 154 valence electrons. The molecule has 0 N–H and O–H groups in total. The number of hydrogen-bond donors (Lipinski definition) is 0. The highest BCUT2D eigenvalue weighted by atomic mass is 28.4. The lowest BCUT2D eigenvalue weighted by atomic mass is 9.93. The molecular formula is C24H29FO3Si. The molecule has 29 heavy (non-hydrogen) atoms. The van der Waals surface area contributed by atoms with Crippen molar-refractivity contribution in [3.8, 4) is 0 Å². The molecule has 0 spiro atoms. The molecule has 0 unspecified atom stereocenters. The number of carbonyl (C=O) groups excluding carboxylic acids is 1. The van der Waals surface area contributed by atoms with Crippen molar-refractivity contribution in [1.29, 1.82) is 0 Å². The summed E-state index contributed by atoms with van der Waals surface area (Å²) in [5, 5.41) is 2.21. The van der Waals surface area contributed by atoms with Gasteiger partial charge in [-0.1, -0.05) is 81.4 Å². The van der Waals surface area contributed by atoms with Crippen LogP contribution in [0.3, 0.4) is 0 Å². The minimum Gasteiger partial charge on any atom is -0.462 e. The van der Waals surface area contributed by atoms with E-state index < -0.39 is 14.5 Å². The normalized spacial score (nSPS) is 27.0. The second-order valence-corrected chi connectivity index (χ2v) is 13.6. The highest BCUT2D eigenvalue weighted by molar-refractivity contribution is 6.99. The number of carbonyl (C=O) groups is 1. The van der Waals surface area contributed by atoms with Gasteiger partial charge in [-0.2, -0.15) is 0 Å². The van der Waals surface area contributed by atoms with E-state index in [1.165, 1.54) is 10.4 Å². The van der Waals surface area contributed by atoms with E-state index in [9.17, 15) is 9.18 Å². The average Bonchev–Trinajstić information content (AvgIpc) is 3.18. The summed E-state index contributed by atoms with van der Waals surface area (Å²) < 4.78 is 27.1. The van der Waals surface area contributed by atoms with Gasteiger partial charge in [0.05, 0.1) is 6.42 Å². The summed E-state index contributed by atoms with van der Waals surface area (Å²) in [6.45, 7) is 6.95. The Kier molecular flexibility index (Phi) is 5.38. The van der Waals surface area contributed by atoms with Crippen molar-refractivity contribution in [3.63, 3.8) is 0 Å². The molecule has 1 heterocycles. The number of ether oxygens (including phenoxy) is 1. The van der Waals surface area contributed by atoms with Gasteiger partial charge < -0.3 is 9.16 Å². The maximum Gasteiger partial charge on any atom is 0.306 e. The first-order valence-electron chi connectivity index (χ1n) is 10.4. The van der Waals surface area contributed by atoms with E-state index in [-0.39, 0.29) is 28.9 Å². The molecule has 4 atom stereocenters. The van der Waals surface area contributed by atoms with Gasteiger partial charge in [0.1, 0.15) is 12.3 Å². The summed E-state index contributed by atoms with van der Waals surface area (Å²) >= 11 is 0. The topological polar surface area (TPSA) is 35.5 Å². The van der Waals surface area contributed by atoms with E-state index in [4.69, 9.17) is 9.16 Å². The van der Waals surface area contributed by atoms with Gasteiger partial charge in [0.2, 0.25) is 0 Å². The molecule has 4 rings (SSSR count). The molecule has 2 aliphatic rings. The number of benzene rings is 2. The van der Waals surface area contributed by atoms with E-state index in [0.29, 0.717) is 19.4 Å². The second kappa shape index (κ2) is 7.69. The lowest BCUT2D eigenvalue weighted by Crippen LogP contribution is -2.67. The van der Waals surface area contributed by atoms with E-state index in [0.717, 1.165) is 0 Å². The van der Waals surface area contributed by atoms with Crippen LogP contribution in [-0.4, -0.2) is 33.2 Å². The summed E-state index contributed by atoms with van der Waals surface area (Å²) in [5.74, 6) is -0.578. The first-order valence-corrected chi connectivity index (χ1v) is 12.3. The van der Waals surface area contributed by atoms with Crippen molar-refractivity contribution in [2.24, 2.45) is 11.8 Å². The van der Waals surface area contributed by atoms with E-state index >= 15 is 0 Å². The van der Waals surface area contributed by atoms with Gasteiger partial charge in [0, 0.05) is 24.9 Å². The number of esters is 1. The fraction of sp³-hybridized carbons (Fsp3) is 0.458. The van der Waals surface area contributed by atoms with Gasteiger partial charge in [-0.3, -0.25) is 4.79 Å². The Balaban J connectivity index is 1.72. The van der Waals surface area contributed by atoms with Crippen molar-refractivity contribution < 1.29 is 18.3 Å². The Bertz CT molecular complexity index is 810. The van der Waals surface area contributed by atoms with Crippen LogP contribution in [0.4, 0.5) is 4.39 Å². The highest BCUT2D eigenvalue weighted by Gasteiger charge is 2.54. The minimum absolute atomic E-state index is 0.0734. The summed E-state index contributed by atoms with van der Waals surface area (Å²) in [6, 6.07) is 20.7. The van der Waals surface area contributed by atoms with Gasteiger partial charge in [-0.05, 0) is 15.4 Å². The summed E-state index contributed by atoms with van der Waals surface area (Å²) in [7, 11) is -2.70. The van der Waals surface area contributed by atoms with Gasteiger partial charge in [-0.25, -0.2) is 4.39 Å². The first kappa shape index (κ1) is 20.3. The molecule has 0 bridgehead atoms. The Morgan fingerprint density at radius 2 is 1.59 bits per heavy atom. The van der Waals surface area contributed by atoms with Crippen molar-refractivity contribution >= 4 is 24.7 Å². The van der Waals surface area contributed by atoms with Gasteiger partial charge in [-0.15, -0.1) is 0 Å². The fourth-order valence-corrected chi connectivity index (χ4v) is 9.75. The van der Waals surface area contributed by atoms with Crippen LogP contribution in [-0.2, 0) is 14.0 Å². The van der Waals surface area contributed by atoms with Gasteiger partial charge >= 0.3 is 5.97 Å². The first-order chi connectivity index (χ1) is 13.8. The van der Waals surface area contributed by atoms with Crippen molar-refractivity contribution in [2.75, 3.05) is 6.61 Å². The predicted molar refractivity (Wildman–Crippen MR) is 115 cm³/mol. The van der Waals surface area contributed by atoms with Crippen LogP contribution in [0, 0.1) is 11.8 Å². The SMILES string of the molecule is CC(C)(C)[Si](OC[C@@H]1[C@H]2CC(=O)O[C@H]2C[C@@H]1F)(c1ccccc1)c1ccccc1. The molecule has 3 nitrogen and oxygen atoms in total. The molecule has 2 aromatic carbocycles. The van der Waals surface area contributed by atoms with Crippen molar-refractivity contribution in [2.45, 2.75) is 50.9 Å². The minimum atomic E-state index is -2.70. The molecule has 1 aliphatic carbocycles. The molecule has 1 saturated heterocycles. The Morgan fingerprint density at radius 3 is 2.10 bits per heavy atom. The van der Waals surface area contributed by atoms with Crippen LogP contribution in [0.1, 0.15) is 33.6 Å². The van der Waals surface area contributed by atoms with Crippen LogP contribution in [0.25, 0.3) is 0 Å². The second-order valence-electron chi connectivity index (χ2n) is 9.29. The van der Waals surface area contributed by atoms with Crippen molar-refractivity contribution in [3.05, 3.63) is 60.7 Å². The standard InChI is InChI=1S/C24H29FO3Si/c1-24(2,3)29(17-10-6-4-7-11-17,18-12-8-5-9-13-18)27-16-20-19-14-23(26)28-22(19)15-21(20)25/h4-13,19-22H,14-16H2,1-3H3/t19-,20-,21+,22+/m1/s1. The maximum absolute atomic E-state index is 14.9. The highest BCUT2D eigenvalue weighted by Crippen LogP contribution is 2.44. The van der Waals surface area contributed by atoms with Crippen LogP contribution in [0.5, 0.6) is 0 Å². The molecular weight excluding hydrogens is 383 g/mol. The number of hydrogen-bond acceptors (Lipinski definition) is 3. The Morgan fingerprint density at radius 1 is 1.03 bits per heavy atom. The van der Waals surface area contributed by atoms with Crippen molar-refractivity contribution in [1.82, 2.24) is 0 Å². The van der Waals surface area contributed by atoms with E-state index in [1.807, 2.05) is 36.4 Å². The van der Waals surface area contributed by atoms with Crippen LogP contribution in [0.2, 0.25) is 5.04 Å². The molecule has 2 aromatic rings. The predicted octanol–water partition coefficient (Wildman–Crippen LogP) is 3.85. The van der Waals surface area contributed by atoms with E-state index in [2.05, 4.69) is 45.0 Å². The molecule has 2 fully saturated rings. The van der Waals surface area contributed by atoms with Gasteiger partial charge in [0.15, 0.2) is 0 Å². The number of halogens is 1. The molecule has 0 aromatic heterocycles. The summed E-state index contributed by atoms with van der Waals surface area (Å²) in [4.78, 5) is 11.7. The van der Waals surface area contributed by atoms with Crippen LogP contribution in [0.15, 0.2) is 60.7 Å². The Labute approximate surface area is 173 Å². The zero-order valence-corrected chi connectivity index (χ0v) is 18.3. The van der Waals surface area contributed by atoms with Crippen LogP contribution < -0.4 is 10.4 Å². The molecule has 0 amide bonds. The largest absolute Gasteiger partial charge is 0.462 e. The molecule has 5 heteroatoms. The third-order valence-electron chi connectivity index (χ3n) is 6.54. The number of rotatable bonds is 5. The van der Waals surface area contributed by atoms with E-state index in [1.54, 1.807) is 0 Å². The molecule has 0 radical (unpaired) electrons.